The molecule has 1 aromatic heterocycles. The summed E-state index contributed by atoms with van der Waals surface area (Å²) in [7, 11) is 0. The van der Waals surface area contributed by atoms with Gasteiger partial charge in [-0.25, -0.2) is 0 Å². The van der Waals surface area contributed by atoms with Crippen LogP contribution >= 0.6 is 0 Å². The molecular weight excluding hydrogens is 269 g/mol. The van der Waals surface area contributed by atoms with Crippen LogP contribution in [0.4, 0.5) is 24.5 Å². The minimum Gasteiger partial charge on any atom is -0.353 e. The molecule has 0 bridgehead atoms. The van der Waals surface area contributed by atoms with Gasteiger partial charge in [-0.15, -0.1) is 0 Å². The van der Waals surface area contributed by atoms with Gasteiger partial charge in [-0.1, -0.05) is 0 Å². The van der Waals surface area contributed by atoms with Gasteiger partial charge in [-0.05, 0) is 25.1 Å². The number of halogens is 3. The van der Waals surface area contributed by atoms with E-state index in [1.54, 1.807) is 23.1 Å². The van der Waals surface area contributed by atoms with E-state index >= 15 is 0 Å². The fourth-order valence-corrected chi connectivity index (χ4v) is 1.73. The lowest BCUT2D eigenvalue weighted by atomic mass is 10.1. The quantitative estimate of drug-likeness (QED) is 0.935. The highest BCUT2D eigenvalue weighted by Gasteiger charge is 2.33. The Kier molecular flexibility index (Phi) is 3.66. The summed E-state index contributed by atoms with van der Waals surface area (Å²) in [6.45, 7) is 2.61. The predicted octanol–water partition coefficient (Wildman–Crippen LogP) is 3.54. The van der Waals surface area contributed by atoms with Gasteiger partial charge in [-0.3, -0.25) is 4.68 Å². The fourth-order valence-electron chi connectivity index (χ4n) is 1.73. The Bertz CT molecular complexity index is 652. The predicted molar refractivity (Wildman–Crippen MR) is 67.3 cm³/mol. The summed E-state index contributed by atoms with van der Waals surface area (Å²) in [5.74, 6) is 0. The highest BCUT2D eigenvalue weighted by atomic mass is 19.4. The zero-order chi connectivity index (χ0) is 14.8. The second kappa shape index (κ2) is 5.25. The second-order valence-corrected chi connectivity index (χ2v) is 4.08. The summed E-state index contributed by atoms with van der Waals surface area (Å²) >= 11 is 0. The van der Waals surface area contributed by atoms with Crippen molar-refractivity contribution < 1.29 is 13.2 Å². The smallest absolute Gasteiger partial charge is 0.353 e. The fraction of sp³-hybridized carbons (Fsp3) is 0.231. The van der Waals surface area contributed by atoms with E-state index in [1.807, 2.05) is 6.92 Å². The monoisotopic (exact) mass is 280 g/mol. The number of nitrogens with zero attached hydrogens (tertiary/aromatic N) is 3. The number of hydrogen-bond acceptors (Lipinski definition) is 3. The van der Waals surface area contributed by atoms with Crippen molar-refractivity contribution in [2.24, 2.45) is 0 Å². The first kappa shape index (κ1) is 13.9. The van der Waals surface area contributed by atoms with Crippen LogP contribution in [0.3, 0.4) is 0 Å². The lowest BCUT2D eigenvalue weighted by Crippen LogP contribution is -2.08. The highest BCUT2D eigenvalue weighted by Crippen LogP contribution is 2.33. The van der Waals surface area contributed by atoms with Gasteiger partial charge in [0.2, 0.25) is 0 Å². The number of nitriles is 1. The first-order chi connectivity index (χ1) is 9.44. The van der Waals surface area contributed by atoms with Gasteiger partial charge >= 0.3 is 6.18 Å². The van der Waals surface area contributed by atoms with E-state index in [0.29, 0.717) is 17.9 Å². The molecule has 0 saturated heterocycles. The maximum atomic E-state index is 12.7. The molecule has 7 heteroatoms. The van der Waals surface area contributed by atoms with Gasteiger partial charge < -0.3 is 5.32 Å². The van der Waals surface area contributed by atoms with Crippen LogP contribution in [-0.2, 0) is 12.7 Å². The van der Waals surface area contributed by atoms with Crippen molar-refractivity contribution in [3.05, 3.63) is 41.7 Å². The standard InChI is InChI=1S/C13H11F3N4/c1-2-20-8-11(7-18-20)19-10-3-4-12(13(14,15)16)9(5-10)6-17/h3-5,7-8,19H,2H2,1H3. The van der Waals surface area contributed by atoms with Crippen LogP contribution in [0.5, 0.6) is 0 Å². The van der Waals surface area contributed by atoms with Crippen LogP contribution in [0.25, 0.3) is 0 Å². The molecule has 0 unspecified atom stereocenters. The van der Waals surface area contributed by atoms with E-state index in [0.717, 1.165) is 6.07 Å². The average Bonchev–Trinajstić information content (AvgIpc) is 2.85. The minimum atomic E-state index is -4.53. The third-order valence-corrected chi connectivity index (χ3v) is 2.69. The highest BCUT2D eigenvalue weighted by molar-refractivity contribution is 5.61. The molecular formula is C13H11F3N4. The summed E-state index contributed by atoms with van der Waals surface area (Å²) in [4.78, 5) is 0. The summed E-state index contributed by atoms with van der Waals surface area (Å²) in [6.07, 6.45) is -1.24. The average molecular weight is 280 g/mol. The number of alkyl halides is 3. The zero-order valence-corrected chi connectivity index (χ0v) is 10.6. The molecule has 0 fully saturated rings. The van der Waals surface area contributed by atoms with Crippen molar-refractivity contribution in [1.29, 1.82) is 5.26 Å². The largest absolute Gasteiger partial charge is 0.417 e. The molecule has 0 amide bonds. The van der Waals surface area contributed by atoms with Crippen LogP contribution in [0, 0.1) is 11.3 Å². The number of aromatic nitrogens is 2. The van der Waals surface area contributed by atoms with Crippen LogP contribution in [-0.4, -0.2) is 9.78 Å². The number of aryl methyl sites for hydroxylation is 1. The number of hydrogen-bond donors (Lipinski definition) is 1. The normalized spacial score (nSPS) is 11.2. The third kappa shape index (κ3) is 2.91. The van der Waals surface area contributed by atoms with E-state index in [2.05, 4.69) is 10.4 Å². The third-order valence-electron chi connectivity index (χ3n) is 2.69. The van der Waals surface area contributed by atoms with Crippen molar-refractivity contribution >= 4 is 11.4 Å². The van der Waals surface area contributed by atoms with Crippen LogP contribution in [0.2, 0.25) is 0 Å². The van der Waals surface area contributed by atoms with E-state index in [4.69, 9.17) is 5.26 Å². The topological polar surface area (TPSA) is 53.6 Å². The van der Waals surface area contributed by atoms with Gasteiger partial charge in [0.15, 0.2) is 0 Å². The molecule has 0 atom stereocenters. The molecule has 104 valence electrons. The van der Waals surface area contributed by atoms with Gasteiger partial charge in [0.25, 0.3) is 0 Å². The van der Waals surface area contributed by atoms with Crippen molar-refractivity contribution in [3.8, 4) is 6.07 Å². The molecule has 0 spiro atoms. The van der Waals surface area contributed by atoms with E-state index in [9.17, 15) is 13.2 Å². The number of rotatable bonds is 3. The van der Waals surface area contributed by atoms with Gasteiger partial charge in [0.1, 0.15) is 0 Å². The van der Waals surface area contributed by atoms with E-state index < -0.39 is 17.3 Å². The number of anilines is 2. The molecule has 0 radical (unpaired) electrons. The van der Waals surface area contributed by atoms with E-state index in [1.165, 1.54) is 12.1 Å². The van der Waals surface area contributed by atoms with Gasteiger partial charge in [-0.2, -0.15) is 23.5 Å². The molecule has 1 N–H and O–H groups in total. The van der Waals surface area contributed by atoms with Crippen LogP contribution < -0.4 is 5.32 Å². The Morgan fingerprint density at radius 1 is 1.35 bits per heavy atom. The SMILES string of the molecule is CCn1cc(Nc2ccc(C(F)(F)F)c(C#N)c2)cn1. The number of benzene rings is 1. The molecule has 1 aromatic carbocycles. The molecule has 4 nitrogen and oxygen atoms in total. The van der Waals surface area contributed by atoms with Gasteiger partial charge in [0.05, 0.1) is 29.1 Å². The Labute approximate surface area is 113 Å². The molecule has 0 saturated carbocycles. The van der Waals surface area contributed by atoms with E-state index in [-0.39, 0.29) is 0 Å². The molecule has 0 aliphatic carbocycles. The van der Waals surface area contributed by atoms with Crippen molar-refractivity contribution in [1.82, 2.24) is 9.78 Å². The second-order valence-electron chi connectivity index (χ2n) is 4.08. The Morgan fingerprint density at radius 2 is 2.10 bits per heavy atom. The van der Waals surface area contributed by atoms with Crippen molar-refractivity contribution in [2.75, 3.05) is 5.32 Å². The summed E-state index contributed by atoms with van der Waals surface area (Å²) in [5, 5.41) is 15.8. The summed E-state index contributed by atoms with van der Waals surface area (Å²) in [6, 6.07) is 4.92. The van der Waals surface area contributed by atoms with Gasteiger partial charge in [0, 0.05) is 18.4 Å². The molecule has 2 aromatic rings. The zero-order valence-electron chi connectivity index (χ0n) is 10.6. The van der Waals surface area contributed by atoms with Crippen molar-refractivity contribution in [2.45, 2.75) is 19.6 Å². The van der Waals surface area contributed by atoms with Crippen molar-refractivity contribution in [3.63, 3.8) is 0 Å². The minimum absolute atomic E-state index is 0.408. The Hall–Kier alpha value is -2.49. The Morgan fingerprint density at radius 3 is 2.65 bits per heavy atom. The van der Waals surface area contributed by atoms with Crippen LogP contribution in [0.1, 0.15) is 18.1 Å². The molecule has 0 aliphatic rings. The Balaban J connectivity index is 2.28. The maximum absolute atomic E-state index is 12.7. The maximum Gasteiger partial charge on any atom is 0.417 e. The number of nitrogens with one attached hydrogen (secondary N) is 1. The lowest BCUT2D eigenvalue weighted by molar-refractivity contribution is -0.137. The molecule has 1 heterocycles. The first-order valence-corrected chi connectivity index (χ1v) is 5.85. The summed E-state index contributed by atoms with van der Waals surface area (Å²) in [5.41, 5.74) is -0.291. The lowest BCUT2D eigenvalue weighted by Gasteiger charge is -2.10. The summed E-state index contributed by atoms with van der Waals surface area (Å²) < 4.78 is 39.7. The van der Waals surface area contributed by atoms with Crippen LogP contribution in [0.15, 0.2) is 30.6 Å². The molecule has 0 aliphatic heterocycles. The molecule has 2 rings (SSSR count). The molecule has 20 heavy (non-hydrogen) atoms. The first-order valence-electron chi connectivity index (χ1n) is 5.85.